The van der Waals surface area contributed by atoms with E-state index in [1.54, 1.807) is 0 Å². The fraction of sp³-hybridized carbons (Fsp3) is 0.364. The molecule has 0 saturated heterocycles. The molecule has 0 fully saturated rings. The van der Waals surface area contributed by atoms with E-state index in [0.29, 0.717) is 0 Å². The lowest BCUT2D eigenvalue weighted by atomic mass is 10.1. The molecule has 82 valence electrons. The quantitative estimate of drug-likeness (QED) is 0.851. The number of benzene rings is 1. The minimum absolute atomic E-state index is 0.0984. The summed E-state index contributed by atoms with van der Waals surface area (Å²) in [5, 5.41) is 2.13. The Morgan fingerprint density at radius 2 is 2.00 bits per heavy atom. The van der Waals surface area contributed by atoms with Crippen molar-refractivity contribution in [1.29, 1.82) is 0 Å². The summed E-state index contributed by atoms with van der Waals surface area (Å²) in [5.74, 6) is -0.168. The van der Waals surface area contributed by atoms with Gasteiger partial charge in [-0.25, -0.2) is 0 Å². The van der Waals surface area contributed by atoms with Crippen molar-refractivity contribution in [3.63, 3.8) is 0 Å². The van der Waals surface area contributed by atoms with Crippen LogP contribution in [0.5, 0.6) is 0 Å². The van der Waals surface area contributed by atoms with E-state index in [9.17, 15) is 4.79 Å². The lowest BCUT2D eigenvalue weighted by Crippen LogP contribution is -2.32. The van der Waals surface area contributed by atoms with Gasteiger partial charge in [-0.2, -0.15) is 0 Å². The summed E-state index contributed by atoms with van der Waals surface area (Å²) >= 11 is 9.43. The molecule has 0 aromatic heterocycles. The minimum atomic E-state index is -0.650. The summed E-state index contributed by atoms with van der Waals surface area (Å²) in [6.07, 6.45) is 0. The first-order valence-corrected chi connectivity index (χ1v) is 5.94. The van der Waals surface area contributed by atoms with E-state index in [1.165, 1.54) is 0 Å². The Bertz CT molecular complexity index is 354. The average molecular weight is 291 g/mol. The molecule has 1 aromatic rings. The largest absolute Gasteiger partial charge is 0.352 e. The van der Waals surface area contributed by atoms with E-state index in [0.717, 1.165) is 10.0 Å². The number of rotatable bonds is 3. The van der Waals surface area contributed by atoms with Gasteiger partial charge in [-0.3, -0.25) is 4.79 Å². The highest BCUT2D eigenvalue weighted by atomic mass is 79.9. The maximum absolute atomic E-state index is 11.6. The molecule has 0 spiro atoms. The smallest absolute Gasteiger partial charge is 0.242 e. The second-order valence-electron chi connectivity index (χ2n) is 3.55. The van der Waals surface area contributed by atoms with Crippen LogP contribution in [0.4, 0.5) is 0 Å². The third-order valence-electron chi connectivity index (χ3n) is 1.84. The van der Waals surface area contributed by atoms with Crippen molar-refractivity contribution in [3.8, 4) is 0 Å². The van der Waals surface area contributed by atoms with Crippen LogP contribution in [0.1, 0.15) is 24.8 Å². The number of halogens is 2. The van der Waals surface area contributed by atoms with E-state index >= 15 is 0 Å². The van der Waals surface area contributed by atoms with Crippen LogP contribution in [0.15, 0.2) is 28.7 Å². The van der Waals surface area contributed by atoms with Crippen LogP contribution in [0, 0.1) is 0 Å². The first kappa shape index (κ1) is 12.5. The molecule has 1 amide bonds. The molecule has 0 saturated carbocycles. The van der Waals surface area contributed by atoms with Crippen LogP contribution in [0.2, 0.25) is 0 Å². The standard InChI is InChI=1S/C11H13BrClNO/c1-7(2)14-11(15)10(13)8-5-3-4-6-9(8)12/h3-7,10H,1-2H3,(H,14,15). The summed E-state index contributed by atoms with van der Waals surface area (Å²) in [6.45, 7) is 3.81. The summed E-state index contributed by atoms with van der Waals surface area (Å²) < 4.78 is 0.851. The van der Waals surface area contributed by atoms with Gasteiger partial charge in [0.2, 0.25) is 5.91 Å². The molecule has 0 heterocycles. The number of hydrogen-bond donors (Lipinski definition) is 1. The molecule has 4 heteroatoms. The highest BCUT2D eigenvalue weighted by Gasteiger charge is 2.19. The maximum Gasteiger partial charge on any atom is 0.242 e. The van der Waals surface area contributed by atoms with E-state index in [1.807, 2.05) is 38.1 Å². The van der Waals surface area contributed by atoms with Crippen LogP contribution in [0.3, 0.4) is 0 Å². The zero-order valence-corrected chi connectivity index (χ0v) is 11.0. The van der Waals surface area contributed by atoms with Crippen molar-refractivity contribution in [2.75, 3.05) is 0 Å². The van der Waals surface area contributed by atoms with Gasteiger partial charge in [-0.05, 0) is 25.5 Å². The summed E-state index contributed by atoms with van der Waals surface area (Å²) in [6, 6.07) is 7.55. The van der Waals surface area contributed by atoms with Crippen molar-refractivity contribution < 1.29 is 4.79 Å². The summed E-state index contributed by atoms with van der Waals surface area (Å²) in [7, 11) is 0. The number of carbonyl (C=O) groups is 1. The fourth-order valence-electron chi connectivity index (χ4n) is 1.18. The van der Waals surface area contributed by atoms with Crippen molar-refractivity contribution in [2.45, 2.75) is 25.3 Å². The predicted molar refractivity (Wildman–Crippen MR) is 66.0 cm³/mol. The van der Waals surface area contributed by atoms with Crippen molar-refractivity contribution in [3.05, 3.63) is 34.3 Å². The Labute approximate surface area is 103 Å². The highest BCUT2D eigenvalue weighted by Crippen LogP contribution is 2.27. The molecule has 0 aliphatic heterocycles. The van der Waals surface area contributed by atoms with Crippen molar-refractivity contribution in [1.82, 2.24) is 5.32 Å². The third kappa shape index (κ3) is 3.50. The molecule has 0 bridgehead atoms. The topological polar surface area (TPSA) is 29.1 Å². The van der Waals surface area contributed by atoms with Gasteiger partial charge in [0.05, 0.1) is 0 Å². The van der Waals surface area contributed by atoms with E-state index in [4.69, 9.17) is 11.6 Å². The van der Waals surface area contributed by atoms with Gasteiger partial charge in [-0.15, -0.1) is 11.6 Å². The molecule has 1 atom stereocenters. The molecule has 0 aliphatic rings. The molecule has 1 unspecified atom stereocenters. The first-order chi connectivity index (χ1) is 7.02. The number of carbonyl (C=O) groups excluding carboxylic acids is 1. The van der Waals surface area contributed by atoms with E-state index in [2.05, 4.69) is 21.2 Å². The van der Waals surface area contributed by atoms with Gasteiger partial charge in [-0.1, -0.05) is 34.1 Å². The fourth-order valence-corrected chi connectivity index (χ4v) is 2.08. The molecular weight excluding hydrogens is 277 g/mol. The zero-order chi connectivity index (χ0) is 11.4. The number of nitrogens with one attached hydrogen (secondary N) is 1. The van der Waals surface area contributed by atoms with Gasteiger partial charge in [0.25, 0.3) is 0 Å². The molecule has 2 nitrogen and oxygen atoms in total. The third-order valence-corrected chi connectivity index (χ3v) is 2.99. The lowest BCUT2D eigenvalue weighted by Gasteiger charge is -2.14. The lowest BCUT2D eigenvalue weighted by molar-refractivity contribution is -0.121. The van der Waals surface area contributed by atoms with E-state index < -0.39 is 5.38 Å². The monoisotopic (exact) mass is 289 g/mol. The Hall–Kier alpha value is -0.540. The molecule has 1 rings (SSSR count). The van der Waals surface area contributed by atoms with Crippen LogP contribution in [-0.4, -0.2) is 11.9 Å². The zero-order valence-electron chi connectivity index (χ0n) is 8.63. The van der Waals surface area contributed by atoms with Gasteiger partial charge < -0.3 is 5.32 Å². The number of hydrogen-bond acceptors (Lipinski definition) is 1. The second kappa shape index (κ2) is 5.52. The van der Waals surface area contributed by atoms with Gasteiger partial charge in [0, 0.05) is 10.5 Å². The second-order valence-corrected chi connectivity index (χ2v) is 4.84. The van der Waals surface area contributed by atoms with Gasteiger partial charge in [0.15, 0.2) is 0 Å². The Morgan fingerprint density at radius 1 is 1.40 bits per heavy atom. The molecule has 0 radical (unpaired) electrons. The Morgan fingerprint density at radius 3 is 2.53 bits per heavy atom. The molecule has 1 N–H and O–H groups in total. The molecular formula is C11H13BrClNO. The maximum atomic E-state index is 11.6. The Balaban J connectivity index is 2.81. The summed E-state index contributed by atoms with van der Waals surface area (Å²) in [5.41, 5.74) is 0.789. The number of amides is 1. The van der Waals surface area contributed by atoms with Crippen LogP contribution >= 0.6 is 27.5 Å². The first-order valence-electron chi connectivity index (χ1n) is 4.71. The highest BCUT2D eigenvalue weighted by molar-refractivity contribution is 9.10. The average Bonchev–Trinajstić information content (AvgIpc) is 2.16. The SMILES string of the molecule is CC(C)NC(=O)C(Cl)c1ccccc1Br. The number of alkyl halides is 1. The predicted octanol–water partition coefficient (Wildman–Crippen LogP) is 3.25. The molecule has 15 heavy (non-hydrogen) atoms. The Kier molecular flexibility index (Phi) is 4.61. The van der Waals surface area contributed by atoms with Crippen LogP contribution in [0.25, 0.3) is 0 Å². The summed E-state index contributed by atoms with van der Waals surface area (Å²) in [4.78, 5) is 11.6. The van der Waals surface area contributed by atoms with Crippen LogP contribution in [-0.2, 0) is 4.79 Å². The van der Waals surface area contributed by atoms with Crippen molar-refractivity contribution in [2.24, 2.45) is 0 Å². The van der Waals surface area contributed by atoms with Gasteiger partial charge >= 0.3 is 0 Å². The normalized spacial score (nSPS) is 12.6. The van der Waals surface area contributed by atoms with E-state index in [-0.39, 0.29) is 11.9 Å². The molecule has 1 aromatic carbocycles. The van der Waals surface area contributed by atoms with Crippen molar-refractivity contribution >= 4 is 33.4 Å². The van der Waals surface area contributed by atoms with Gasteiger partial charge in [0.1, 0.15) is 5.38 Å². The van der Waals surface area contributed by atoms with Crippen LogP contribution < -0.4 is 5.32 Å². The minimum Gasteiger partial charge on any atom is -0.352 e. The molecule has 0 aliphatic carbocycles.